The number of methoxy groups -OCH3 is 2. The summed E-state index contributed by atoms with van der Waals surface area (Å²) >= 11 is 6.16. The SMILES string of the molecule is COCCC(C(=O)Nc1ccc(C(=O)O)cc1)n1cc(OC)c(-c2cc(Cl)ccc2C(C)=O)cc1=O. The third kappa shape index (κ3) is 5.99. The number of aromatic nitrogens is 1. The van der Waals surface area contributed by atoms with E-state index >= 15 is 0 Å². The van der Waals surface area contributed by atoms with Gasteiger partial charge < -0.3 is 19.9 Å². The van der Waals surface area contributed by atoms with Gasteiger partial charge in [0.15, 0.2) is 5.78 Å². The third-order valence-corrected chi connectivity index (χ3v) is 5.78. The van der Waals surface area contributed by atoms with Crippen molar-refractivity contribution in [2.45, 2.75) is 19.4 Å². The molecular weight excluding hydrogens is 488 g/mol. The number of amides is 1. The Morgan fingerprint density at radius 1 is 1.06 bits per heavy atom. The average molecular weight is 513 g/mol. The number of carbonyl (C=O) groups is 3. The first-order valence-corrected chi connectivity index (χ1v) is 11.3. The van der Waals surface area contributed by atoms with E-state index in [0.717, 1.165) is 0 Å². The van der Waals surface area contributed by atoms with Crippen LogP contribution in [0.3, 0.4) is 0 Å². The minimum absolute atomic E-state index is 0.0754. The van der Waals surface area contributed by atoms with Gasteiger partial charge in [0.2, 0.25) is 5.91 Å². The number of hydrogen-bond acceptors (Lipinski definition) is 6. The van der Waals surface area contributed by atoms with Crippen LogP contribution in [0.2, 0.25) is 5.02 Å². The number of pyridine rings is 1. The molecule has 0 radical (unpaired) electrons. The molecule has 2 aromatic carbocycles. The van der Waals surface area contributed by atoms with E-state index in [9.17, 15) is 19.2 Å². The first kappa shape index (κ1) is 26.7. The van der Waals surface area contributed by atoms with Crippen molar-refractivity contribution < 1.29 is 29.0 Å². The number of rotatable bonds is 10. The standard InChI is InChI=1S/C26H25ClN2O7/c1-15(30)19-9-6-17(27)12-20(19)21-13-24(31)29(14-23(21)36-3)22(10-11-35-2)25(32)28-18-7-4-16(5-8-18)26(33)34/h4-9,12-14,22H,10-11H2,1-3H3,(H,28,32)(H,33,34). The molecule has 3 aromatic rings. The Kier molecular flexibility index (Phi) is 8.63. The summed E-state index contributed by atoms with van der Waals surface area (Å²) in [5.74, 6) is -1.53. The predicted octanol–water partition coefficient (Wildman–Crippen LogP) is 4.29. The van der Waals surface area contributed by atoms with Crippen molar-refractivity contribution in [1.29, 1.82) is 0 Å². The van der Waals surface area contributed by atoms with Gasteiger partial charge in [0.25, 0.3) is 5.56 Å². The summed E-state index contributed by atoms with van der Waals surface area (Å²) in [7, 11) is 2.90. The van der Waals surface area contributed by atoms with E-state index in [1.54, 1.807) is 18.2 Å². The number of anilines is 1. The van der Waals surface area contributed by atoms with Gasteiger partial charge in [-0.2, -0.15) is 0 Å². The van der Waals surface area contributed by atoms with Crippen LogP contribution in [0.5, 0.6) is 5.75 Å². The Hall–Kier alpha value is -3.95. The summed E-state index contributed by atoms with van der Waals surface area (Å²) < 4.78 is 11.9. The molecule has 1 unspecified atom stereocenters. The van der Waals surface area contributed by atoms with Gasteiger partial charge in [0.05, 0.1) is 18.9 Å². The summed E-state index contributed by atoms with van der Waals surface area (Å²) in [5, 5.41) is 12.2. The minimum Gasteiger partial charge on any atom is -0.495 e. The Morgan fingerprint density at radius 3 is 2.33 bits per heavy atom. The summed E-state index contributed by atoms with van der Waals surface area (Å²) in [5.41, 5.74) is 1.11. The van der Waals surface area contributed by atoms with Crippen molar-refractivity contribution in [3.8, 4) is 16.9 Å². The van der Waals surface area contributed by atoms with Gasteiger partial charge in [-0.3, -0.25) is 19.0 Å². The lowest BCUT2D eigenvalue weighted by Crippen LogP contribution is -2.34. The van der Waals surface area contributed by atoms with Crippen LogP contribution in [0.15, 0.2) is 59.5 Å². The summed E-state index contributed by atoms with van der Waals surface area (Å²) in [6, 6.07) is 10.7. The largest absolute Gasteiger partial charge is 0.495 e. The number of aromatic carboxylic acids is 1. The van der Waals surface area contributed by atoms with E-state index in [1.807, 2.05) is 0 Å². The van der Waals surface area contributed by atoms with Crippen LogP contribution in [0, 0.1) is 0 Å². The Labute approximate surface area is 212 Å². The average Bonchev–Trinajstić information content (AvgIpc) is 2.84. The maximum absolute atomic E-state index is 13.2. The van der Waals surface area contributed by atoms with Gasteiger partial charge in [-0.1, -0.05) is 11.6 Å². The van der Waals surface area contributed by atoms with E-state index in [0.29, 0.717) is 27.4 Å². The second-order valence-corrected chi connectivity index (χ2v) is 8.35. The molecule has 36 heavy (non-hydrogen) atoms. The topological polar surface area (TPSA) is 124 Å². The van der Waals surface area contributed by atoms with Crippen molar-refractivity contribution in [3.63, 3.8) is 0 Å². The fraction of sp³-hybridized carbons (Fsp3) is 0.231. The first-order valence-electron chi connectivity index (χ1n) is 10.9. The molecule has 1 aromatic heterocycles. The van der Waals surface area contributed by atoms with Crippen LogP contribution in [0.25, 0.3) is 11.1 Å². The predicted molar refractivity (Wildman–Crippen MR) is 135 cm³/mol. The molecule has 0 spiro atoms. The van der Waals surface area contributed by atoms with Gasteiger partial charge in [0.1, 0.15) is 11.8 Å². The highest BCUT2D eigenvalue weighted by Gasteiger charge is 2.24. The van der Waals surface area contributed by atoms with Gasteiger partial charge >= 0.3 is 5.97 Å². The zero-order valence-corrected chi connectivity index (χ0v) is 20.7. The monoisotopic (exact) mass is 512 g/mol. The van der Waals surface area contributed by atoms with E-state index < -0.39 is 23.5 Å². The molecule has 0 aliphatic carbocycles. The zero-order chi connectivity index (χ0) is 26.4. The number of carboxylic acid groups (broad SMARTS) is 1. The summed E-state index contributed by atoms with van der Waals surface area (Å²) in [4.78, 5) is 49.7. The molecule has 1 atom stereocenters. The van der Waals surface area contributed by atoms with Gasteiger partial charge in [-0.15, -0.1) is 0 Å². The van der Waals surface area contributed by atoms with E-state index in [1.165, 1.54) is 62.2 Å². The second-order valence-electron chi connectivity index (χ2n) is 7.92. The van der Waals surface area contributed by atoms with Crippen molar-refractivity contribution in [1.82, 2.24) is 4.57 Å². The minimum atomic E-state index is -1.09. The highest BCUT2D eigenvalue weighted by molar-refractivity contribution is 6.31. The van der Waals surface area contributed by atoms with Gasteiger partial charge in [-0.25, -0.2) is 4.79 Å². The molecular formula is C26H25ClN2O7. The molecule has 0 fully saturated rings. The lowest BCUT2D eigenvalue weighted by Gasteiger charge is -2.21. The number of nitrogens with one attached hydrogen (secondary N) is 1. The molecule has 0 aliphatic heterocycles. The number of benzene rings is 2. The van der Waals surface area contributed by atoms with Crippen LogP contribution >= 0.6 is 11.6 Å². The fourth-order valence-electron chi connectivity index (χ4n) is 3.74. The molecule has 0 aliphatic rings. The van der Waals surface area contributed by atoms with Gasteiger partial charge in [0, 0.05) is 48.0 Å². The van der Waals surface area contributed by atoms with Crippen molar-refractivity contribution in [2.75, 3.05) is 26.1 Å². The third-order valence-electron chi connectivity index (χ3n) is 5.55. The molecule has 3 rings (SSSR count). The fourth-order valence-corrected chi connectivity index (χ4v) is 3.91. The number of ether oxygens (including phenoxy) is 2. The Morgan fingerprint density at radius 2 is 1.75 bits per heavy atom. The highest BCUT2D eigenvalue weighted by Crippen LogP contribution is 2.34. The number of nitrogens with zero attached hydrogens (tertiary/aromatic N) is 1. The van der Waals surface area contributed by atoms with Crippen LogP contribution in [-0.2, 0) is 9.53 Å². The van der Waals surface area contributed by atoms with Crippen LogP contribution in [0.1, 0.15) is 40.1 Å². The van der Waals surface area contributed by atoms with E-state index in [2.05, 4.69) is 5.32 Å². The van der Waals surface area contributed by atoms with Crippen molar-refractivity contribution >= 4 is 34.9 Å². The quantitative estimate of drug-likeness (QED) is 0.388. The number of carbonyl (C=O) groups excluding carboxylic acids is 2. The van der Waals surface area contributed by atoms with E-state index in [4.69, 9.17) is 26.2 Å². The normalized spacial score (nSPS) is 11.6. The van der Waals surface area contributed by atoms with Gasteiger partial charge in [-0.05, 0) is 55.0 Å². The second kappa shape index (κ2) is 11.7. The van der Waals surface area contributed by atoms with E-state index in [-0.39, 0.29) is 30.1 Å². The molecule has 188 valence electrons. The molecule has 1 heterocycles. The molecule has 10 heteroatoms. The smallest absolute Gasteiger partial charge is 0.335 e. The molecule has 0 bridgehead atoms. The molecule has 0 saturated heterocycles. The molecule has 2 N–H and O–H groups in total. The van der Waals surface area contributed by atoms with Crippen LogP contribution in [-0.4, -0.2) is 48.2 Å². The maximum atomic E-state index is 13.2. The molecule has 0 saturated carbocycles. The number of ketones is 1. The Balaban J connectivity index is 2.04. The van der Waals surface area contributed by atoms with Crippen molar-refractivity contribution in [2.24, 2.45) is 0 Å². The lowest BCUT2D eigenvalue weighted by molar-refractivity contribution is -0.119. The van der Waals surface area contributed by atoms with Crippen LogP contribution in [0.4, 0.5) is 5.69 Å². The lowest BCUT2D eigenvalue weighted by atomic mass is 9.97. The highest BCUT2D eigenvalue weighted by atomic mass is 35.5. The number of hydrogen-bond donors (Lipinski definition) is 2. The number of carboxylic acids is 1. The van der Waals surface area contributed by atoms with Crippen LogP contribution < -0.4 is 15.6 Å². The number of Topliss-reactive ketones (excluding diaryl/α,β-unsaturated/α-hetero) is 1. The summed E-state index contributed by atoms with van der Waals surface area (Å²) in [6.07, 6.45) is 1.59. The van der Waals surface area contributed by atoms with Crippen molar-refractivity contribution in [3.05, 3.63) is 81.2 Å². The summed E-state index contributed by atoms with van der Waals surface area (Å²) in [6.45, 7) is 1.60. The molecule has 9 nitrogen and oxygen atoms in total. The molecule has 1 amide bonds. The zero-order valence-electron chi connectivity index (χ0n) is 19.9. The number of halogens is 1. The first-order chi connectivity index (χ1) is 17.2. The Bertz CT molecular complexity index is 1350. The maximum Gasteiger partial charge on any atom is 0.335 e.